The van der Waals surface area contributed by atoms with Crippen molar-refractivity contribution in [2.45, 2.75) is 58.9 Å². The second-order valence-corrected chi connectivity index (χ2v) is 7.17. The first-order valence-corrected chi connectivity index (χ1v) is 9.14. The summed E-state index contributed by atoms with van der Waals surface area (Å²) in [4.78, 5) is 16.8. The van der Waals surface area contributed by atoms with Crippen molar-refractivity contribution in [2.24, 2.45) is 0 Å². The normalized spacial score (nSPS) is 15.0. The highest BCUT2D eigenvalue weighted by Crippen LogP contribution is 2.26. The summed E-state index contributed by atoms with van der Waals surface area (Å²) in [6.45, 7) is 6.28. The highest BCUT2D eigenvalue weighted by molar-refractivity contribution is 5.95. The van der Waals surface area contributed by atoms with Gasteiger partial charge in [0.05, 0.1) is 17.4 Å². The van der Waals surface area contributed by atoms with Crippen molar-refractivity contribution in [3.8, 4) is 0 Å². The summed E-state index contributed by atoms with van der Waals surface area (Å²) in [6.07, 6.45) is 9.25. The number of amides is 1. The van der Waals surface area contributed by atoms with E-state index in [9.17, 15) is 4.79 Å². The maximum Gasteiger partial charge on any atom is 0.253 e. The molecule has 0 saturated heterocycles. The Labute approximate surface area is 150 Å². The fraction of sp³-hybridized carbons (Fsp3) is 0.429. The predicted molar refractivity (Wildman–Crippen MR) is 103 cm³/mol. The molecule has 25 heavy (non-hydrogen) atoms. The number of hydrogen-bond acceptors (Lipinski definition) is 3. The highest BCUT2D eigenvalue weighted by atomic mass is 16.1. The van der Waals surface area contributed by atoms with Gasteiger partial charge in [-0.05, 0) is 50.8 Å². The Balaban J connectivity index is 1.74. The van der Waals surface area contributed by atoms with E-state index in [1.54, 1.807) is 12.4 Å². The van der Waals surface area contributed by atoms with Crippen LogP contribution in [0.4, 0.5) is 11.4 Å². The Morgan fingerprint density at radius 1 is 1.00 bits per heavy atom. The lowest BCUT2D eigenvalue weighted by atomic mass is 9.95. The van der Waals surface area contributed by atoms with Gasteiger partial charge in [-0.2, -0.15) is 0 Å². The van der Waals surface area contributed by atoms with Crippen LogP contribution in [0.3, 0.4) is 0 Å². The summed E-state index contributed by atoms with van der Waals surface area (Å²) < 4.78 is 0. The molecule has 0 unspecified atom stereocenters. The van der Waals surface area contributed by atoms with Crippen molar-refractivity contribution in [3.05, 3.63) is 52.8 Å². The molecule has 2 N–H and O–H groups in total. The molecule has 1 aliphatic rings. The Bertz CT molecular complexity index is 740. The Morgan fingerprint density at radius 3 is 2.36 bits per heavy atom. The van der Waals surface area contributed by atoms with Gasteiger partial charge in [-0.3, -0.25) is 9.78 Å². The van der Waals surface area contributed by atoms with E-state index in [1.807, 2.05) is 6.07 Å². The van der Waals surface area contributed by atoms with Gasteiger partial charge in [0.1, 0.15) is 0 Å². The minimum Gasteiger partial charge on any atom is -0.354 e. The molecule has 0 radical (unpaired) electrons. The molecule has 0 aliphatic heterocycles. The zero-order chi connectivity index (χ0) is 17.8. The van der Waals surface area contributed by atoms with Crippen LogP contribution in [0.5, 0.6) is 0 Å². The first kappa shape index (κ1) is 17.5. The molecule has 1 heterocycles. The predicted octanol–water partition coefficient (Wildman–Crippen LogP) is 4.81. The number of aryl methyl sites for hydroxylation is 3. The number of anilines is 2. The fourth-order valence-electron chi connectivity index (χ4n) is 3.67. The summed E-state index contributed by atoms with van der Waals surface area (Å²) in [7, 11) is 0. The van der Waals surface area contributed by atoms with E-state index in [-0.39, 0.29) is 5.91 Å². The number of nitrogens with zero attached hydrogens (tertiary/aromatic N) is 1. The molecule has 2 aromatic rings. The van der Waals surface area contributed by atoms with Crippen molar-refractivity contribution in [3.63, 3.8) is 0 Å². The maximum absolute atomic E-state index is 12.5. The zero-order valence-electron chi connectivity index (χ0n) is 15.4. The second-order valence-electron chi connectivity index (χ2n) is 7.17. The molecular formula is C21H27N3O. The fourth-order valence-corrected chi connectivity index (χ4v) is 3.67. The van der Waals surface area contributed by atoms with E-state index >= 15 is 0 Å². The third-order valence-electron chi connectivity index (χ3n) is 4.89. The van der Waals surface area contributed by atoms with Crippen LogP contribution in [0, 0.1) is 20.8 Å². The SMILES string of the molecule is Cc1cc(C)c(Nc2cncc(C(=O)NC3CCCCC3)c2)c(C)c1. The lowest BCUT2D eigenvalue weighted by Crippen LogP contribution is -2.36. The molecule has 1 aliphatic carbocycles. The summed E-state index contributed by atoms with van der Waals surface area (Å²) in [6, 6.07) is 6.49. The van der Waals surface area contributed by atoms with Gasteiger partial charge in [0.15, 0.2) is 0 Å². The van der Waals surface area contributed by atoms with Crippen LogP contribution in [0.15, 0.2) is 30.6 Å². The molecular weight excluding hydrogens is 310 g/mol. The number of hydrogen-bond donors (Lipinski definition) is 2. The van der Waals surface area contributed by atoms with E-state index < -0.39 is 0 Å². The average molecular weight is 337 g/mol. The number of carbonyl (C=O) groups is 1. The van der Waals surface area contributed by atoms with Crippen LogP contribution in [-0.4, -0.2) is 16.9 Å². The van der Waals surface area contributed by atoms with E-state index in [1.165, 1.54) is 36.0 Å². The van der Waals surface area contributed by atoms with Crippen LogP contribution < -0.4 is 10.6 Å². The minimum absolute atomic E-state index is 0.0274. The molecule has 0 atom stereocenters. The Morgan fingerprint density at radius 2 is 1.68 bits per heavy atom. The Kier molecular flexibility index (Phi) is 5.37. The Hall–Kier alpha value is -2.36. The molecule has 132 valence electrons. The van der Waals surface area contributed by atoms with Crippen molar-refractivity contribution < 1.29 is 4.79 Å². The summed E-state index contributed by atoms with van der Waals surface area (Å²) >= 11 is 0. The van der Waals surface area contributed by atoms with E-state index in [0.717, 1.165) is 24.2 Å². The summed E-state index contributed by atoms with van der Waals surface area (Å²) in [5.74, 6) is -0.0274. The van der Waals surface area contributed by atoms with Crippen molar-refractivity contribution >= 4 is 17.3 Å². The maximum atomic E-state index is 12.5. The molecule has 3 rings (SSSR count). The van der Waals surface area contributed by atoms with Gasteiger partial charge in [0.2, 0.25) is 0 Å². The van der Waals surface area contributed by atoms with Gasteiger partial charge in [0, 0.05) is 17.9 Å². The van der Waals surface area contributed by atoms with E-state index in [2.05, 4.69) is 48.5 Å². The number of aromatic nitrogens is 1. The molecule has 1 fully saturated rings. The number of pyridine rings is 1. The van der Waals surface area contributed by atoms with Gasteiger partial charge in [0.25, 0.3) is 5.91 Å². The van der Waals surface area contributed by atoms with Gasteiger partial charge in [-0.1, -0.05) is 37.0 Å². The first-order chi connectivity index (χ1) is 12.0. The van der Waals surface area contributed by atoms with Gasteiger partial charge < -0.3 is 10.6 Å². The van der Waals surface area contributed by atoms with E-state index in [0.29, 0.717) is 11.6 Å². The van der Waals surface area contributed by atoms with Crippen molar-refractivity contribution in [2.75, 3.05) is 5.32 Å². The highest BCUT2D eigenvalue weighted by Gasteiger charge is 2.17. The molecule has 1 aromatic heterocycles. The molecule has 0 spiro atoms. The van der Waals surface area contributed by atoms with Crippen molar-refractivity contribution in [1.29, 1.82) is 0 Å². The molecule has 1 aromatic carbocycles. The lowest BCUT2D eigenvalue weighted by Gasteiger charge is -2.22. The average Bonchev–Trinajstić information content (AvgIpc) is 2.59. The quantitative estimate of drug-likeness (QED) is 0.841. The lowest BCUT2D eigenvalue weighted by molar-refractivity contribution is 0.0927. The smallest absolute Gasteiger partial charge is 0.253 e. The monoisotopic (exact) mass is 337 g/mol. The first-order valence-electron chi connectivity index (χ1n) is 9.14. The van der Waals surface area contributed by atoms with Gasteiger partial charge >= 0.3 is 0 Å². The van der Waals surface area contributed by atoms with Gasteiger partial charge in [-0.25, -0.2) is 0 Å². The molecule has 1 saturated carbocycles. The number of benzene rings is 1. The molecule has 1 amide bonds. The largest absolute Gasteiger partial charge is 0.354 e. The summed E-state index contributed by atoms with van der Waals surface area (Å²) in [5, 5.41) is 6.57. The third kappa shape index (κ3) is 4.38. The molecule has 4 nitrogen and oxygen atoms in total. The molecule has 0 bridgehead atoms. The number of nitrogens with one attached hydrogen (secondary N) is 2. The van der Waals surface area contributed by atoms with Gasteiger partial charge in [-0.15, -0.1) is 0 Å². The minimum atomic E-state index is -0.0274. The van der Waals surface area contributed by atoms with Crippen molar-refractivity contribution in [1.82, 2.24) is 10.3 Å². The number of rotatable bonds is 4. The van der Waals surface area contributed by atoms with Crippen LogP contribution >= 0.6 is 0 Å². The number of carbonyl (C=O) groups excluding carboxylic acids is 1. The van der Waals surface area contributed by atoms with Crippen LogP contribution in [-0.2, 0) is 0 Å². The van der Waals surface area contributed by atoms with E-state index in [4.69, 9.17) is 0 Å². The van der Waals surface area contributed by atoms with Crippen LogP contribution in [0.25, 0.3) is 0 Å². The third-order valence-corrected chi connectivity index (χ3v) is 4.89. The summed E-state index contributed by atoms with van der Waals surface area (Å²) in [5.41, 5.74) is 6.16. The van der Waals surface area contributed by atoms with Crippen LogP contribution in [0.2, 0.25) is 0 Å². The standard InChI is InChI=1S/C21H27N3O/c1-14-9-15(2)20(16(3)10-14)23-19-11-17(12-22-13-19)21(25)24-18-7-5-4-6-8-18/h9-13,18,23H,4-8H2,1-3H3,(H,24,25). The van der Waals surface area contributed by atoms with Crippen LogP contribution in [0.1, 0.15) is 59.2 Å². The zero-order valence-corrected chi connectivity index (χ0v) is 15.4. The topological polar surface area (TPSA) is 54.0 Å². The molecule has 4 heteroatoms. The second kappa shape index (κ2) is 7.68.